The molecule has 8 nitrogen and oxygen atoms in total. The number of carbonyl (C=O) groups excluding carboxylic acids is 2. The number of imidazole rings is 1. The first-order chi connectivity index (χ1) is 12.7. The molecule has 3 aromatic rings. The van der Waals surface area contributed by atoms with E-state index >= 15 is 0 Å². The normalized spacial score (nSPS) is 25.0. The Kier molecular flexibility index (Phi) is 3.24. The highest BCUT2D eigenvalue weighted by molar-refractivity contribution is 6.00. The molecular formula is C18H16N6O2. The number of rotatable bonds is 3. The standard InChI is InChI=1S/C18H16N6O2/c25-17-14(9-21-18(26)22-17)15-7-13(16-20-4-5-24(16)23-15)12-6-11(12)10-2-1-3-19-8-10/h1-5,7-8,11-12,14H,6,9H2,(H2,21,22,25,26)/t11-,12+,14?/m0/s1. The number of pyridine rings is 1. The van der Waals surface area contributed by atoms with Gasteiger partial charge < -0.3 is 5.32 Å². The molecule has 2 N–H and O–H groups in total. The van der Waals surface area contributed by atoms with Crippen LogP contribution < -0.4 is 10.6 Å². The Morgan fingerprint density at radius 3 is 2.92 bits per heavy atom. The summed E-state index contributed by atoms with van der Waals surface area (Å²) in [7, 11) is 0. The van der Waals surface area contributed by atoms with Gasteiger partial charge in [-0.1, -0.05) is 6.07 Å². The number of aromatic nitrogens is 4. The molecule has 0 spiro atoms. The van der Waals surface area contributed by atoms with E-state index in [0.717, 1.165) is 17.6 Å². The molecule has 2 aliphatic rings. The predicted octanol–water partition coefficient (Wildman–Crippen LogP) is 1.32. The molecule has 2 fully saturated rings. The van der Waals surface area contributed by atoms with Crippen molar-refractivity contribution in [1.82, 2.24) is 30.2 Å². The number of urea groups is 1. The third-order valence-electron chi connectivity index (χ3n) is 5.09. The Bertz CT molecular complexity index is 1010. The summed E-state index contributed by atoms with van der Waals surface area (Å²) in [5, 5.41) is 9.50. The monoisotopic (exact) mass is 348 g/mol. The van der Waals surface area contributed by atoms with Crippen LogP contribution in [0.4, 0.5) is 4.79 Å². The van der Waals surface area contributed by atoms with E-state index in [9.17, 15) is 9.59 Å². The highest BCUT2D eigenvalue weighted by atomic mass is 16.2. The summed E-state index contributed by atoms with van der Waals surface area (Å²) in [6, 6.07) is 5.54. The van der Waals surface area contributed by atoms with Gasteiger partial charge in [0.15, 0.2) is 5.65 Å². The van der Waals surface area contributed by atoms with Gasteiger partial charge in [0.25, 0.3) is 0 Å². The average Bonchev–Trinajstić information content (AvgIpc) is 3.30. The molecule has 1 aliphatic carbocycles. The summed E-state index contributed by atoms with van der Waals surface area (Å²) < 4.78 is 1.72. The van der Waals surface area contributed by atoms with E-state index in [2.05, 4.69) is 31.8 Å². The Hall–Kier alpha value is -3.29. The third kappa shape index (κ3) is 2.42. The second kappa shape index (κ2) is 5.62. The lowest BCUT2D eigenvalue weighted by molar-refractivity contribution is -0.122. The zero-order chi connectivity index (χ0) is 17.7. The van der Waals surface area contributed by atoms with E-state index in [1.165, 1.54) is 5.56 Å². The summed E-state index contributed by atoms with van der Waals surface area (Å²) in [5.74, 6) is -0.105. The Morgan fingerprint density at radius 2 is 2.12 bits per heavy atom. The van der Waals surface area contributed by atoms with Crippen LogP contribution in [0.15, 0.2) is 43.0 Å². The molecule has 1 saturated carbocycles. The van der Waals surface area contributed by atoms with Gasteiger partial charge in [0.1, 0.15) is 0 Å². The summed E-state index contributed by atoms with van der Waals surface area (Å²) in [6.45, 7) is 0.244. The summed E-state index contributed by atoms with van der Waals surface area (Å²) in [6.07, 6.45) is 8.18. The largest absolute Gasteiger partial charge is 0.337 e. The molecule has 3 amide bonds. The van der Waals surface area contributed by atoms with Crippen molar-refractivity contribution in [3.05, 3.63) is 59.8 Å². The van der Waals surface area contributed by atoms with Crippen molar-refractivity contribution in [2.75, 3.05) is 6.54 Å². The van der Waals surface area contributed by atoms with Crippen molar-refractivity contribution < 1.29 is 9.59 Å². The molecule has 8 heteroatoms. The lowest BCUT2D eigenvalue weighted by atomic mass is 9.99. The van der Waals surface area contributed by atoms with Gasteiger partial charge in [-0.25, -0.2) is 14.3 Å². The van der Waals surface area contributed by atoms with E-state index in [-0.39, 0.29) is 12.5 Å². The zero-order valence-electron chi connectivity index (χ0n) is 13.8. The van der Waals surface area contributed by atoms with Crippen LogP contribution in [0.2, 0.25) is 0 Å². The van der Waals surface area contributed by atoms with Crippen LogP contribution in [-0.2, 0) is 4.79 Å². The van der Waals surface area contributed by atoms with Crippen LogP contribution in [0.5, 0.6) is 0 Å². The highest BCUT2D eigenvalue weighted by Crippen LogP contribution is 2.55. The Balaban J connectivity index is 1.53. The number of fused-ring (bicyclic) bond motifs is 1. The molecule has 0 radical (unpaired) electrons. The van der Waals surface area contributed by atoms with Crippen LogP contribution in [0, 0.1) is 0 Å². The first-order valence-electron chi connectivity index (χ1n) is 8.53. The summed E-state index contributed by atoms with van der Waals surface area (Å²) in [5.41, 5.74) is 3.74. The lowest BCUT2D eigenvalue weighted by Gasteiger charge is -2.22. The Morgan fingerprint density at radius 1 is 1.19 bits per heavy atom. The molecule has 130 valence electrons. The van der Waals surface area contributed by atoms with Crippen molar-refractivity contribution in [3.63, 3.8) is 0 Å². The van der Waals surface area contributed by atoms with Crippen LogP contribution in [0.25, 0.3) is 5.65 Å². The van der Waals surface area contributed by atoms with Crippen molar-refractivity contribution >= 4 is 17.6 Å². The molecule has 4 heterocycles. The molecule has 0 aromatic carbocycles. The Labute approximate surface area is 148 Å². The zero-order valence-corrected chi connectivity index (χ0v) is 13.8. The van der Waals surface area contributed by atoms with Crippen LogP contribution in [0.3, 0.4) is 0 Å². The molecule has 1 unspecified atom stereocenters. The average molecular weight is 348 g/mol. The third-order valence-corrected chi connectivity index (χ3v) is 5.09. The molecular weight excluding hydrogens is 332 g/mol. The fourth-order valence-corrected chi connectivity index (χ4v) is 3.68. The number of amides is 3. The van der Waals surface area contributed by atoms with Crippen molar-refractivity contribution in [2.45, 2.75) is 24.2 Å². The van der Waals surface area contributed by atoms with Crippen LogP contribution >= 0.6 is 0 Å². The van der Waals surface area contributed by atoms with Crippen molar-refractivity contribution in [2.24, 2.45) is 0 Å². The smallest absolute Gasteiger partial charge is 0.321 e. The number of hydrogen-bond acceptors (Lipinski definition) is 5. The predicted molar refractivity (Wildman–Crippen MR) is 91.6 cm³/mol. The van der Waals surface area contributed by atoms with Gasteiger partial charge >= 0.3 is 6.03 Å². The minimum absolute atomic E-state index is 0.244. The molecule has 1 saturated heterocycles. The van der Waals surface area contributed by atoms with Crippen molar-refractivity contribution in [3.8, 4) is 0 Å². The number of nitrogens with one attached hydrogen (secondary N) is 2. The van der Waals surface area contributed by atoms with Gasteiger partial charge in [-0.15, -0.1) is 0 Å². The topological polar surface area (TPSA) is 101 Å². The minimum Gasteiger partial charge on any atom is -0.337 e. The highest BCUT2D eigenvalue weighted by Gasteiger charge is 2.42. The van der Waals surface area contributed by atoms with Gasteiger partial charge in [0, 0.05) is 36.9 Å². The summed E-state index contributed by atoms with van der Waals surface area (Å²) in [4.78, 5) is 32.2. The van der Waals surface area contributed by atoms with Crippen LogP contribution in [0.1, 0.15) is 41.0 Å². The molecule has 0 bridgehead atoms. The molecule has 26 heavy (non-hydrogen) atoms. The molecule has 3 aromatic heterocycles. The van der Waals surface area contributed by atoms with Crippen LogP contribution in [-0.4, -0.2) is 38.1 Å². The summed E-state index contributed by atoms with van der Waals surface area (Å²) >= 11 is 0. The van der Waals surface area contributed by atoms with E-state index < -0.39 is 11.9 Å². The van der Waals surface area contributed by atoms with E-state index in [0.29, 0.717) is 17.5 Å². The van der Waals surface area contributed by atoms with Gasteiger partial charge in [-0.05, 0) is 36.0 Å². The first kappa shape index (κ1) is 15.0. The molecule has 1 aliphatic heterocycles. The van der Waals surface area contributed by atoms with E-state index in [4.69, 9.17) is 0 Å². The van der Waals surface area contributed by atoms with Gasteiger partial charge in [0.05, 0.1) is 11.6 Å². The number of imide groups is 1. The minimum atomic E-state index is -0.506. The first-order valence-corrected chi connectivity index (χ1v) is 8.53. The van der Waals surface area contributed by atoms with Gasteiger partial charge in [-0.3, -0.25) is 15.1 Å². The molecule has 5 rings (SSSR count). The number of carbonyl (C=O) groups is 2. The van der Waals surface area contributed by atoms with E-state index in [1.54, 1.807) is 23.1 Å². The molecule has 3 atom stereocenters. The lowest BCUT2D eigenvalue weighted by Crippen LogP contribution is -2.51. The second-order valence-electron chi connectivity index (χ2n) is 6.71. The van der Waals surface area contributed by atoms with E-state index in [1.807, 2.05) is 18.3 Å². The number of nitrogens with zero attached hydrogens (tertiary/aromatic N) is 4. The van der Waals surface area contributed by atoms with Gasteiger partial charge in [0.2, 0.25) is 5.91 Å². The van der Waals surface area contributed by atoms with Gasteiger partial charge in [-0.2, -0.15) is 5.10 Å². The van der Waals surface area contributed by atoms with Crippen molar-refractivity contribution in [1.29, 1.82) is 0 Å². The maximum atomic E-state index is 12.2. The maximum Gasteiger partial charge on any atom is 0.321 e. The fourth-order valence-electron chi connectivity index (χ4n) is 3.68. The second-order valence-corrected chi connectivity index (χ2v) is 6.71. The number of hydrogen-bond donors (Lipinski definition) is 2. The maximum absolute atomic E-state index is 12.2. The quantitative estimate of drug-likeness (QED) is 0.743. The SMILES string of the molecule is O=C1NCC(c2cc([C@@H]3C[C@H]3c3cccnc3)c3nccn3n2)C(=O)N1. The fraction of sp³-hybridized carbons (Fsp3) is 0.278.